The van der Waals surface area contributed by atoms with Gasteiger partial charge in [0, 0.05) is 6.61 Å². The predicted molar refractivity (Wildman–Crippen MR) is 46.9 cm³/mol. The molecule has 0 radical (unpaired) electrons. The monoisotopic (exact) mass is 174 g/mol. The van der Waals surface area contributed by atoms with Crippen molar-refractivity contribution in [2.45, 2.75) is 33.3 Å². The second kappa shape index (κ2) is 5.14. The molecule has 0 rings (SSSR count). The Morgan fingerprint density at radius 1 is 1.42 bits per heavy atom. The quantitative estimate of drug-likeness (QED) is 0.574. The summed E-state index contributed by atoms with van der Waals surface area (Å²) in [5.41, 5.74) is -0.370. The number of hydrogen-bond donors (Lipinski definition) is 0. The van der Waals surface area contributed by atoms with Crippen molar-refractivity contribution < 1.29 is 14.3 Å². The highest BCUT2D eigenvalue weighted by molar-refractivity contribution is 5.37. The Bertz CT molecular complexity index is 130. The lowest BCUT2D eigenvalue weighted by molar-refractivity contribution is -0.139. The minimum absolute atomic E-state index is 0.309. The summed E-state index contributed by atoms with van der Waals surface area (Å²) in [6.45, 7) is 9.41. The van der Waals surface area contributed by atoms with E-state index in [1.54, 1.807) is 0 Å². The molecule has 0 aromatic rings. The summed E-state index contributed by atoms with van der Waals surface area (Å²) in [5.74, 6) is 0.500. The zero-order valence-electron chi connectivity index (χ0n) is 8.29. The third kappa shape index (κ3) is 6.16. The van der Waals surface area contributed by atoms with E-state index < -0.39 is 0 Å². The topological polar surface area (TPSA) is 35.5 Å². The molecule has 0 aliphatic heterocycles. The molecule has 12 heavy (non-hydrogen) atoms. The SMILES string of the molecule is CC(C)COC(C)(C)COC=O. The Hall–Kier alpha value is -0.570. The minimum atomic E-state index is -0.370. The van der Waals surface area contributed by atoms with Gasteiger partial charge in [-0.3, -0.25) is 4.79 Å². The zero-order valence-corrected chi connectivity index (χ0v) is 8.29. The van der Waals surface area contributed by atoms with Gasteiger partial charge >= 0.3 is 0 Å². The van der Waals surface area contributed by atoms with E-state index in [1.807, 2.05) is 13.8 Å². The van der Waals surface area contributed by atoms with Crippen LogP contribution in [-0.2, 0) is 14.3 Å². The largest absolute Gasteiger partial charge is 0.465 e. The molecule has 0 aromatic carbocycles. The van der Waals surface area contributed by atoms with E-state index in [9.17, 15) is 4.79 Å². The van der Waals surface area contributed by atoms with E-state index in [0.29, 0.717) is 25.6 Å². The molecule has 3 heteroatoms. The first kappa shape index (κ1) is 11.4. The number of rotatable bonds is 6. The van der Waals surface area contributed by atoms with Crippen LogP contribution in [-0.4, -0.2) is 25.3 Å². The summed E-state index contributed by atoms with van der Waals surface area (Å²) in [4.78, 5) is 9.91. The molecular weight excluding hydrogens is 156 g/mol. The van der Waals surface area contributed by atoms with Crippen molar-refractivity contribution in [1.29, 1.82) is 0 Å². The van der Waals surface area contributed by atoms with E-state index in [0.717, 1.165) is 0 Å². The summed E-state index contributed by atoms with van der Waals surface area (Å²) < 4.78 is 10.1. The first-order valence-electron chi connectivity index (χ1n) is 4.17. The summed E-state index contributed by atoms with van der Waals surface area (Å²) in [6, 6.07) is 0. The second-order valence-corrected chi connectivity index (χ2v) is 3.87. The van der Waals surface area contributed by atoms with Crippen LogP contribution in [0.4, 0.5) is 0 Å². The molecule has 0 aromatic heterocycles. The van der Waals surface area contributed by atoms with E-state index in [1.165, 1.54) is 0 Å². The van der Waals surface area contributed by atoms with Crippen molar-refractivity contribution in [3.05, 3.63) is 0 Å². The highest BCUT2D eigenvalue weighted by Crippen LogP contribution is 2.10. The molecule has 0 bridgehead atoms. The molecule has 0 unspecified atom stereocenters. The number of carbonyl (C=O) groups is 1. The molecular formula is C9H18O3. The third-order valence-corrected chi connectivity index (χ3v) is 1.31. The fraction of sp³-hybridized carbons (Fsp3) is 0.889. The van der Waals surface area contributed by atoms with Crippen molar-refractivity contribution in [2.75, 3.05) is 13.2 Å². The summed E-state index contributed by atoms with van der Waals surface area (Å²) in [6.07, 6.45) is 0. The highest BCUT2D eigenvalue weighted by Gasteiger charge is 2.19. The molecule has 0 aliphatic rings. The van der Waals surface area contributed by atoms with Gasteiger partial charge in [0.25, 0.3) is 6.47 Å². The van der Waals surface area contributed by atoms with Crippen LogP contribution in [0.15, 0.2) is 0 Å². The third-order valence-electron chi connectivity index (χ3n) is 1.31. The molecule has 72 valence electrons. The maximum atomic E-state index is 9.91. The lowest BCUT2D eigenvalue weighted by Crippen LogP contribution is -2.32. The van der Waals surface area contributed by atoms with Crippen molar-refractivity contribution in [3.8, 4) is 0 Å². The van der Waals surface area contributed by atoms with Crippen LogP contribution in [0, 0.1) is 5.92 Å². The predicted octanol–water partition coefficient (Wildman–Crippen LogP) is 1.61. The molecule has 0 saturated carbocycles. The van der Waals surface area contributed by atoms with Crippen molar-refractivity contribution in [2.24, 2.45) is 5.92 Å². The van der Waals surface area contributed by atoms with Crippen LogP contribution in [0.2, 0.25) is 0 Å². The van der Waals surface area contributed by atoms with Crippen LogP contribution < -0.4 is 0 Å². The van der Waals surface area contributed by atoms with Crippen molar-refractivity contribution in [3.63, 3.8) is 0 Å². The van der Waals surface area contributed by atoms with Crippen LogP contribution in [0.1, 0.15) is 27.7 Å². The highest BCUT2D eigenvalue weighted by atomic mass is 16.6. The first-order valence-corrected chi connectivity index (χ1v) is 4.17. The van der Waals surface area contributed by atoms with Crippen LogP contribution >= 0.6 is 0 Å². The van der Waals surface area contributed by atoms with Gasteiger partial charge in [-0.1, -0.05) is 13.8 Å². The maximum Gasteiger partial charge on any atom is 0.293 e. The van der Waals surface area contributed by atoms with Gasteiger partial charge in [-0.2, -0.15) is 0 Å². The maximum absolute atomic E-state index is 9.91. The molecule has 0 spiro atoms. The minimum Gasteiger partial charge on any atom is -0.465 e. The fourth-order valence-corrected chi connectivity index (χ4v) is 0.669. The summed E-state index contributed by atoms with van der Waals surface area (Å²) >= 11 is 0. The van der Waals surface area contributed by atoms with Crippen LogP contribution in [0.25, 0.3) is 0 Å². The van der Waals surface area contributed by atoms with Crippen LogP contribution in [0.3, 0.4) is 0 Å². The average molecular weight is 174 g/mol. The normalized spacial score (nSPS) is 11.8. The number of hydrogen-bond acceptors (Lipinski definition) is 3. The van der Waals surface area contributed by atoms with E-state index >= 15 is 0 Å². The molecule has 0 saturated heterocycles. The Morgan fingerprint density at radius 2 is 2.00 bits per heavy atom. The molecule has 0 atom stereocenters. The second-order valence-electron chi connectivity index (χ2n) is 3.87. The van der Waals surface area contributed by atoms with Gasteiger partial charge in [-0.15, -0.1) is 0 Å². The number of carbonyl (C=O) groups excluding carboxylic acids is 1. The van der Waals surface area contributed by atoms with Crippen molar-refractivity contribution in [1.82, 2.24) is 0 Å². The number of ether oxygens (including phenoxy) is 2. The molecule has 0 amide bonds. The molecule has 0 N–H and O–H groups in total. The van der Waals surface area contributed by atoms with Crippen molar-refractivity contribution >= 4 is 6.47 Å². The summed E-state index contributed by atoms with van der Waals surface area (Å²) in [5, 5.41) is 0. The van der Waals surface area contributed by atoms with Gasteiger partial charge in [0.15, 0.2) is 0 Å². The fourth-order valence-electron chi connectivity index (χ4n) is 0.669. The molecule has 0 aliphatic carbocycles. The Labute approximate surface area is 74.0 Å². The summed E-state index contributed by atoms with van der Waals surface area (Å²) in [7, 11) is 0. The van der Waals surface area contributed by atoms with Gasteiger partial charge in [0.1, 0.15) is 6.61 Å². The van der Waals surface area contributed by atoms with Gasteiger partial charge in [-0.05, 0) is 19.8 Å². The molecule has 0 heterocycles. The Kier molecular flexibility index (Phi) is 4.90. The van der Waals surface area contributed by atoms with Crippen LogP contribution in [0.5, 0.6) is 0 Å². The lowest BCUT2D eigenvalue weighted by Gasteiger charge is -2.24. The lowest BCUT2D eigenvalue weighted by atomic mass is 10.1. The van der Waals surface area contributed by atoms with Gasteiger partial charge in [-0.25, -0.2) is 0 Å². The van der Waals surface area contributed by atoms with E-state index in [4.69, 9.17) is 4.74 Å². The van der Waals surface area contributed by atoms with Gasteiger partial charge < -0.3 is 9.47 Å². The molecule has 0 fully saturated rings. The van der Waals surface area contributed by atoms with E-state index in [2.05, 4.69) is 18.6 Å². The Balaban J connectivity index is 3.62. The first-order chi connectivity index (χ1) is 5.48. The standard InChI is InChI=1S/C9H18O3/c1-8(2)5-12-9(3,4)6-11-7-10/h7-8H,5-6H2,1-4H3. The molecule has 3 nitrogen and oxygen atoms in total. The van der Waals surface area contributed by atoms with E-state index in [-0.39, 0.29) is 5.60 Å². The zero-order chi connectivity index (χ0) is 9.61. The van der Waals surface area contributed by atoms with Gasteiger partial charge in [0.2, 0.25) is 0 Å². The average Bonchev–Trinajstić information content (AvgIpc) is 1.98. The Morgan fingerprint density at radius 3 is 2.42 bits per heavy atom. The van der Waals surface area contributed by atoms with Gasteiger partial charge in [0.05, 0.1) is 5.60 Å². The smallest absolute Gasteiger partial charge is 0.293 e.